The van der Waals surface area contributed by atoms with E-state index in [1.54, 1.807) is 0 Å². The van der Waals surface area contributed by atoms with Gasteiger partial charge in [0, 0.05) is 12.3 Å². The quantitative estimate of drug-likeness (QED) is 0.766. The third kappa shape index (κ3) is 5.20. The van der Waals surface area contributed by atoms with Crippen LogP contribution in [0.3, 0.4) is 0 Å². The highest BCUT2D eigenvalue weighted by Gasteiger charge is 2.28. The van der Waals surface area contributed by atoms with Crippen molar-refractivity contribution in [2.75, 3.05) is 12.9 Å². The molecule has 6 nitrogen and oxygen atoms in total. The molecule has 8 heteroatoms. The number of carbonyl (C=O) groups excluding carboxylic acids is 2. The number of carbonyl (C=O) groups is 2. The number of rotatable bonds is 5. The normalized spacial score (nSPS) is 23.3. The molecule has 0 aliphatic heterocycles. The van der Waals surface area contributed by atoms with Gasteiger partial charge in [-0.05, 0) is 36.5 Å². The Kier molecular flexibility index (Phi) is 6.69. The van der Waals surface area contributed by atoms with Crippen LogP contribution in [-0.4, -0.2) is 39.2 Å². The molecule has 144 valence electrons. The van der Waals surface area contributed by atoms with E-state index in [4.69, 9.17) is 16.3 Å². The van der Waals surface area contributed by atoms with Crippen molar-refractivity contribution >= 4 is 33.3 Å². The van der Waals surface area contributed by atoms with Gasteiger partial charge < -0.3 is 10.1 Å². The van der Waals surface area contributed by atoms with Crippen LogP contribution in [0.15, 0.2) is 23.1 Å². The van der Waals surface area contributed by atoms with E-state index in [0.29, 0.717) is 11.8 Å². The van der Waals surface area contributed by atoms with Crippen molar-refractivity contribution in [2.45, 2.75) is 44.0 Å². The molecule has 1 fully saturated rings. The van der Waals surface area contributed by atoms with Crippen LogP contribution >= 0.6 is 11.6 Å². The average molecular weight is 402 g/mol. The van der Waals surface area contributed by atoms with Gasteiger partial charge in [-0.1, -0.05) is 38.3 Å². The maximum atomic E-state index is 12.2. The minimum Gasteiger partial charge on any atom is -0.452 e. The molecule has 1 aromatic rings. The Morgan fingerprint density at radius 2 is 1.96 bits per heavy atom. The zero-order chi connectivity index (χ0) is 19.5. The third-order valence-electron chi connectivity index (χ3n) is 4.97. The van der Waals surface area contributed by atoms with E-state index in [9.17, 15) is 18.0 Å². The van der Waals surface area contributed by atoms with Crippen LogP contribution in [-0.2, 0) is 19.4 Å². The van der Waals surface area contributed by atoms with E-state index in [2.05, 4.69) is 19.2 Å². The van der Waals surface area contributed by atoms with Crippen molar-refractivity contribution < 1.29 is 22.7 Å². The predicted molar refractivity (Wildman–Crippen MR) is 99.0 cm³/mol. The number of hydrogen-bond acceptors (Lipinski definition) is 5. The van der Waals surface area contributed by atoms with Crippen molar-refractivity contribution in [3.8, 4) is 0 Å². The van der Waals surface area contributed by atoms with E-state index in [0.717, 1.165) is 31.6 Å². The second kappa shape index (κ2) is 8.39. The molecule has 1 aliphatic rings. The lowest BCUT2D eigenvalue weighted by molar-refractivity contribution is -0.125. The van der Waals surface area contributed by atoms with Crippen LogP contribution in [0.1, 0.15) is 43.5 Å². The molecule has 3 unspecified atom stereocenters. The summed E-state index contributed by atoms with van der Waals surface area (Å²) in [5.74, 6) is -0.307. The molecule has 0 saturated heterocycles. The van der Waals surface area contributed by atoms with E-state index in [-0.39, 0.29) is 27.4 Å². The maximum absolute atomic E-state index is 12.2. The van der Waals surface area contributed by atoms with Gasteiger partial charge in [0.25, 0.3) is 5.91 Å². The molecule has 3 atom stereocenters. The summed E-state index contributed by atoms with van der Waals surface area (Å²) >= 11 is 5.95. The molecule has 0 radical (unpaired) electrons. The SMILES string of the molecule is CC1CCCC(NC(=O)COC(=O)c2cc(S(C)(=O)=O)ccc2Cl)C1C. The van der Waals surface area contributed by atoms with E-state index < -0.39 is 22.4 Å². The second-order valence-corrected chi connectivity index (χ2v) is 9.35. The van der Waals surface area contributed by atoms with Crippen molar-refractivity contribution in [3.63, 3.8) is 0 Å². The average Bonchev–Trinajstić information content (AvgIpc) is 2.56. The summed E-state index contributed by atoms with van der Waals surface area (Å²) in [6.45, 7) is 3.84. The molecule has 1 saturated carbocycles. The van der Waals surface area contributed by atoms with Gasteiger partial charge in [-0.25, -0.2) is 13.2 Å². The van der Waals surface area contributed by atoms with Gasteiger partial charge in [0.15, 0.2) is 16.4 Å². The molecule has 0 aromatic heterocycles. The van der Waals surface area contributed by atoms with E-state index in [1.807, 2.05) is 0 Å². The van der Waals surface area contributed by atoms with Crippen LogP contribution in [0.5, 0.6) is 0 Å². The van der Waals surface area contributed by atoms with Gasteiger partial charge >= 0.3 is 5.97 Å². The largest absolute Gasteiger partial charge is 0.452 e. The van der Waals surface area contributed by atoms with Crippen molar-refractivity contribution in [2.24, 2.45) is 11.8 Å². The van der Waals surface area contributed by atoms with Gasteiger partial charge in [0.2, 0.25) is 0 Å². The summed E-state index contributed by atoms with van der Waals surface area (Å²) in [5, 5.41) is 2.98. The van der Waals surface area contributed by atoms with Gasteiger partial charge in [-0.15, -0.1) is 0 Å². The number of benzene rings is 1. The van der Waals surface area contributed by atoms with Gasteiger partial charge in [-0.3, -0.25) is 4.79 Å². The Morgan fingerprint density at radius 1 is 1.27 bits per heavy atom. The highest BCUT2D eigenvalue weighted by Crippen LogP contribution is 2.29. The van der Waals surface area contributed by atoms with E-state index >= 15 is 0 Å². The molecular formula is C18H24ClNO5S. The summed E-state index contributed by atoms with van der Waals surface area (Å²) < 4.78 is 28.2. The first-order chi connectivity index (χ1) is 12.1. The molecule has 0 spiro atoms. The predicted octanol–water partition coefficient (Wildman–Crippen LogP) is 2.84. The van der Waals surface area contributed by atoms with Crippen LogP contribution in [0.25, 0.3) is 0 Å². The number of ether oxygens (including phenoxy) is 1. The number of nitrogens with one attached hydrogen (secondary N) is 1. The molecule has 1 aromatic carbocycles. The molecule has 2 rings (SSSR count). The van der Waals surface area contributed by atoms with Gasteiger partial charge in [-0.2, -0.15) is 0 Å². The fourth-order valence-corrected chi connectivity index (χ4v) is 3.98. The number of hydrogen-bond donors (Lipinski definition) is 1. The summed E-state index contributed by atoms with van der Waals surface area (Å²) in [5.41, 5.74) is -0.0814. The molecule has 26 heavy (non-hydrogen) atoms. The smallest absolute Gasteiger partial charge is 0.340 e. The summed E-state index contributed by atoms with van der Waals surface area (Å²) in [6, 6.07) is 3.86. The Labute approximate surface area is 159 Å². The maximum Gasteiger partial charge on any atom is 0.340 e. The van der Waals surface area contributed by atoms with Crippen LogP contribution in [0, 0.1) is 11.8 Å². The highest BCUT2D eigenvalue weighted by molar-refractivity contribution is 7.90. The van der Waals surface area contributed by atoms with Crippen LogP contribution in [0.2, 0.25) is 5.02 Å². The fraction of sp³-hybridized carbons (Fsp3) is 0.556. The minimum absolute atomic E-state index is 0.0386. The summed E-state index contributed by atoms with van der Waals surface area (Å²) in [6.07, 6.45) is 4.15. The van der Waals surface area contributed by atoms with Gasteiger partial charge in [0.1, 0.15) is 0 Å². The lowest BCUT2D eigenvalue weighted by Gasteiger charge is -2.34. The molecule has 1 N–H and O–H groups in total. The molecule has 1 amide bonds. The molecule has 0 bridgehead atoms. The van der Waals surface area contributed by atoms with Crippen molar-refractivity contribution in [1.29, 1.82) is 0 Å². The summed E-state index contributed by atoms with van der Waals surface area (Å²) in [4.78, 5) is 24.2. The zero-order valence-electron chi connectivity index (χ0n) is 15.1. The fourth-order valence-electron chi connectivity index (χ4n) is 3.13. The number of esters is 1. The Morgan fingerprint density at radius 3 is 2.62 bits per heavy atom. The van der Waals surface area contributed by atoms with Gasteiger partial charge in [0.05, 0.1) is 15.5 Å². The second-order valence-electron chi connectivity index (χ2n) is 6.93. The Bertz CT molecular complexity index is 793. The minimum atomic E-state index is -3.48. The number of amides is 1. The topological polar surface area (TPSA) is 89.5 Å². The first-order valence-electron chi connectivity index (χ1n) is 8.55. The molecule has 1 aliphatic carbocycles. The highest BCUT2D eigenvalue weighted by atomic mass is 35.5. The number of halogens is 1. The standard InChI is InChI=1S/C18H24ClNO5S/c1-11-5-4-6-16(12(11)2)20-17(21)10-25-18(22)14-9-13(26(3,23)24)7-8-15(14)19/h7-9,11-12,16H,4-6,10H2,1-3H3,(H,20,21). The lowest BCUT2D eigenvalue weighted by atomic mass is 9.78. The zero-order valence-corrected chi connectivity index (χ0v) is 16.7. The molecule has 0 heterocycles. The Hall–Kier alpha value is -1.60. The van der Waals surface area contributed by atoms with Crippen molar-refractivity contribution in [1.82, 2.24) is 5.32 Å². The van der Waals surface area contributed by atoms with Crippen LogP contribution < -0.4 is 5.32 Å². The number of sulfone groups is 1. The first kappa shape index (κ1) is 20.7. The van der Waals surface area contributed by atoms with Crippen LogP contribution in [0.4, 0.5) is 0 Å². The lowest BCUT2D eigenvalue weighted by Crippen LogP contribution is -2.45. The van der Waals surface area contributed by atoms with E-state index in [1.165, 1.54) is 12.1 Å². The third-order valence-corrected chi connectivity index (χ3v) is 6.41. The first-order valence-corrected chi connectivity index (χ1v) is 10.8. The monoisotopic (exact) mass is 401 g/mol. The van der Waals surface area contributed by atoms with Crippen molar-refractivity contribution in [3.05, 3.63) is 28.8 Å². The molecular weight excluding hydrogens is 378 g/mol. The summed E-state index contributed by atoms with van der Waals surface area (Å²) in [7, 11) is -3.48. The Balaban J connectivity index is 1.97.